The van der Waals surface area contributed by atoms with E-state index in [2.05, 4.69) is 126 Å². The summed E-state index contributed by atoms with van der Waals surface area (Å²) in [7, 11) is 0. The lowest BCUT2D eigenvalue weighted by molar-refractivity contribution is 1.07. The molecule has 0 spiro atoms. The fraction of sp³-hybridized carbons (Fsp3) is 0. The van der Waals surface area contributed by atoms with E-state index in [1.807, 2.05) is 30.5 Å². The molecule has 47 heavy (non-hydrogen) atoms. The van der Waals surface area contributed by atoms with E-state index in [4.69, 9.17) is 19.9 Å². The maximum absolute atomic E-state index is 5.37. The lowest BCUT2D eigenvalue weighted by Gasteiger charge is -2.16. The molecule has 0 aliphatic heterocycles. The highest BCUT2D eigenvalue weighted by Gasteiger charge is 2.20. The predicted molar refractivity (Wildman–Crippen MR) is 193 cm³/mol. The quantitative estimate of drug-likeness (QED) is 0.150. The first-order valence-electron chi connectivity index (χ1n) is 15.7. The molecule has 0 radical (unpaired) electrons. The van der Waals surface area contributed by atoms with Gasteiger partial charge < -0.3 is 0 Å². The number of aromatic nitrogens is 5. The van der Waals surface area contributed by atoms with E-state index in [1.54, 1.807) is 0 Å². The minimum atomic E-state index is 0.670. The first kappa shape index (κ1) is 25.8. The van der Waals surface area contributed by atoms with Crippen molar-refractivity contribution in [3.63, 3.8) is 0 Å². The average Bonchev–Trinajstić information content (AvgIpc) is 3.48. The van der Waals surface area contributed by atoms with Crippen molar-refractivity contribution in [2.45, 2.75) is 0 Å². The monoisotopic (exact) mass is 599 g/mol. The number of nitrogens with zero attached hydrogens (tertiary/aromatic N) is 5. The smallest absolute Gasteiger partial charge is 0.160 e. The van der Waals surface area contributed by atoms with E-state index in [0.717, 1.165) is 77.2 Å². The zero-order valence-electron chi connectivity index (χ0n) is 25.2. The number of hydrogen-bond acceptors (Lipinski definition) is 4. The van der Waals surface area contributed by atoms with Crippen LogP contribution in [0.3, 0.4) is 0 Å². The summed E-state index contributed by atoms with van der Waals surface area (Å²) in [5.74, 6) is 1.47. The molecule has 0 saturated heterocycles. The van der Waals surface area contributed by atoms with E-state index in [9.17, 15) is 0 Å². The largest absolute Gasteiger partial charge is 0.278 e. The normalized spacial score (nSPS) is 11.8. The molecule has 218 valence electrons. The predicted octanol–water partition coefficient (Wildman–Crippen LogP) is 10.3. The summed E-state index contributed by atoms with van der Waals surface area (Å²) in [4.78, 5) is 20.8. The number of para-hydroxylation sites is 1. The highest BCUT2D eigenvalue weighted by Crippen LogP contribution is 2.41. The Hall–Kier alpha value is -6.46. The molecule has 0 amide bonds. The van der Waals surface area contributed by atoms with Crippen molar-refractivity contribution in [3.8, 4) is 28.5 Å². The van der Waals surface area contributed by atoms with Gasteiger partial charge in [0.15, 0.2) is 5.82 Å². The van der Waals surface area contributed by atoms with E-state index < -0.39 is 0 Å². The summed E-state index contributed by atoms with van der Waals surface area (Å²) in [6, 6.07) is 50.6. The Kier molecular flexibility index (Phi) is 5.51. The molecular formula is C42H25N5. The van der Waals surface area contributed by atoms with Crippen molar-refractivity contribution in [2.75, 3.05) is 0 Å². The Balaban J connectivity index is 1.34. The standard InChI is InChI=1S/C42H25N5/c1-2-11-27(12-3-1)41-45-39(37-30-15-6-4-13-28(30)25-29-14-5-7-16-31(29)37)34-22-20-26-21-23-36(44-38(26)40(34)46-41)47-35-19-9-8-17-32(35)33-18-10-24-43-42(33)47/h1-25H. The van der Waals surface area contributed by atoms with Gasteiger partial charge in [0.05, 0.1) is 16.7 Å². The molecule has 6 aromatic carbocycles. The molecule has 10 aromatic rings. The second-order valence-electron chi connectivity index (χ2n) is 11.9. The molecule has 0 N–H and O–H groups in total. The molecule has 0 fully saturated rings. The first-order chi connectivity index (χ1) is 23.3. The summed E-state index contributed by atoms with van der Waals surface area (Å²) in [5, 5.41) is 8.89. The number of benzene rings is 6. The molecule has 10 rings (SSSR count). The minimum absolute atomic E-state index is 0.670. The highest BCUT2D eigenvalue weighted by atomic mass is 15.1. The van der Waals surface area contributed by atoms with Gasteiger partial charge in [-0.25, -0.2) is 19.9 Å². The Morgan fingerprint density at radius 2 is 1.13 bits per heavy atom. The van der Waals surface area contributed by atoms with Crippen LogP contribution in [0.4, 0.5) is 0 Å². The summed E-state index contributed by atoms with van der Waals surface area (Å²) < 4.78 is 2.15. The molecule has 0 saturated carbocycles. The van der Waals surface area contributed by atoms with Crippen LogP contribution < -0.4 is 0 Å². The van der Waals surface area contributed by atoms with Crippen molar-refractivity contribution in [1.29, 1.82) is 0 Å². The van der Waals surface area contributed by atoms with Crippen LogP contribution in [0.25, 0.3) is 93.8 Å². The van der Waals surface area contributed by atoms with Crippen molar-refractivity contribution in [1.82, 2.24) is 24.5 Å². The SMILES string of the molecule is c1ccc(-c2nc(-c3c4ccccc4cc4ccccc34)c3ccc4ccc(-n5c6ccccc6c6cccnc65)nc4c3n2)cc1. The molecular weight excluding hydrogens is 574 g/mol. The first-order valence-corrected chi connectivity index (χ1v) is 15.7. The van der Waals surface area contributed by atoms with E-state index in [-0.39, 0.29) is 0 Å². The van der Waals surface area contributed by atoms with E-state index >= 15 is 0 Å². The summed E-state index contributed by atoms with van der Waals surface area (Å²) in [6.45, 7) is 0. The summed E-state index contributed by atoms with van der Waals surface area (Å²) in [6.07, 6.45) is 1.84. The topological polar surface area (TPSA) is 56.5 Å². The molecule has 0 aliphatic carbocycles. The van der Waals surface area contributed by atoms with Crippen molar-refractivity contribution in [3.05, 3.63) is 152 Å². The van der Waals surface area contributed by atoms with Gasteiger partial charge in [-0.3, -0.25) is 4.57 Å². The maximum Gasteiger partial charge on any atom is 0.160 e. The number of pyridine rings is 2. The Bertz CT molecular complexity index is 2750. The van der Waals surface area contributed by atoms with Crippen LogP contribution in [0.1, 0.15) is 0 Å². The van der Waals surface area contributed by atoms with Crippen molar-refractivity contribution < 1.29 is 0 Å². The van der Waals surface area contributed by atoms with Crippen molar-refractivity contribution >= 4 is 65.3 Å². The second-order valence-corrected chi connectivity index (χ2v) is 11.9. The summed E-state index contributed by atoms with van der Waals surface area (Å²) in [5.41, 5.74) is 6.55. The molecule has 0 aliphatic rings. The number of fused-ring (bicyclic) bond motifs is 8. The van der Waals surface area contributed by atoms with Crippen LogP contribution in [0.5, 0.6) is 0 Å². The third kappa shape index (κ3) is 3.90. The van der Waals surface area contributed by atoms with Gasteiger partial charge in [-0.1, -0.05) is 103 Å². The zero-order chi connectivity index (χ0) is 30.9. The van der Waals surface area contributed by atoms with Crippen LogP contribution in [0.15, 0.2) is 152 Å². The molecule has 5 nitrogen and oxygen atoms in total. The van der Waals surface area contributed by atoms with E-state index in [0.29, 0.717) is 5.82 Å². The fourth-order valence-electron chi connectivity index (χ4n) is 7.09. The van der Waals surface area contributed by atoms with Gasteiger partial charge in [-0.2, -0.15) is 0 Å². The molecule has 5 heteroatoms. The van der Waals surface area contributed by atoms with Gasteiger partial charge in [0.25, 0.3) is 0 Å². The van der Waals surface area contributed by atoms with Crippen LogP contribution in [0.2, 0.25) is 0 Å². The van der Waals surface area contributed by atoms with Crippen LogP contribution in [-0.4, -0.2) is 24.5 Å². The molecule has 0 unspecified atom stereocenters. The van der Waals surface area contributed by atoms with Crippen LogP contribution in [0, 0.1) is 0 Å². The Morgan fingerprint density at radius 1 is 0.447 bits per heavy atom. The molecule has 0 atom stereocenters. The third-order valence-corrected chi connectivity index (χ3v) is 9.21. The highest BCUT2D eigenvalue weighted by molar-refractivity contribution is 6.18. The maximum atomic E-state index is 5.37. The Labute approximate surface area is 269 Å². The lowest BCUT2D eigenvalue weighted by atomic mass is 9.92. The average molecular weight is 600 g/mol. The lowest BCUT2D eigenvalue weighted by Crippen LogP contribution is -2.01. The molecule has 4 aromatic heterocycles. The number of rotatable bonds is 3. The third-order valence-electron chi connectivity index (χ3n) is 9.21. The zero-order valence-corrected chi connectivity index (χ0v) is 25.2. The van der Waals surface area contributed by atoms with Gasteiger partial charge in [-0.15, -0.1) is 0 Å². The second kappa shape index (κ2) is 10.0. The number of hydrogen-bond donors (Lipinski definition) is 0. The van der Waals surface area contributed by atoms with Crippen LogP contribution in [-0.2, 0) is 0 Å². The van der Waals surface area contributed by atoms with Gasteiger partial charge in [-0.05, 0) is 64.0 Å². The Morgan fingerprint density at radius 3 is 1.94 bits per heavy atom. The van der Waals surface area contributed by atoms with Gasteiger partial charge >= 0.3 is 0 Å². The minimum Gasteiger partial charge on any atom is -0.278 e. The molecule has 0 bridgehead atoms. The van der Waals surface area contributed by atoms with Crippen molar-refractivity contribution in [2.24, 2.45) is 0 Å². The van der Waals surface area contributed by atoms with Crippen LogP contribution >= 0.6 is 0 Å². The fourth-order valence-corrected chi connectivity index (χ4v) is 7.09. The van der Waals surface area contributed by atoms with Gasteiger partial charge in [0.1, 0.15) is 17.0 Å². The van der Waals surface area contributed by atoms with Gasteiger partial charge in [0.2, 0.25) is 0 Å². The molecule has 4 heterocycles. The van der Waals surface area contributed by atoms with Gasteiger partial charge in [0, 0.05) is 38.9 Å². The van der Waals surface area contributed by atoms with E-state index in [1.165, 1.54) is 10.8 Å². The summed E-state index contributed by atoms with van der Waals surface area (Å²) >= 11 is 0.